The van der Waals surface area contributed by atoms with E-state index in [4.69, 9.17) is 9.47 Å². The van der Waals surface area contributed by atoms with E-state index in [2.05, 4.69) is 9.80 Å². The Bertz CT molecular complexity index is 931. The number of hydrogen-bond acceptors (Lipinski definition) is 5. The second kappa shape index (κ2) is 11.7. The minimum Gasteiger partial charge on any atom is -0.379 e. The molecule has 0 aliphatic carbocycles. The van der Waals surface area contributed by atoms with Gasteiger partial charge in [-0.2, -0.15) is 0 Å². The van der Waals surface area contributed by atoms with Crippen molar-refractivity contribution in [2.45, 2.75) is 13.1 Å². The highest BCUT2D eigenvalue weighted by Crippen LogP contribution is 2.17. The topological polar surface area (TPSA) is 45.2 Å². The van der Waals surface area contributed by atoms with E-state index in [1.807, 2.05) is 29.2 Å². The van der Waals surface area contributed by atoms with Crippen molar-refractivity contribution in [2.24, 2.45) is 0 Å². The lowest BCUT2D eigenvalue weighted by Gasteiger charge is -2.30. The Morgan fingerprint density at radius 3 is 2.36 bits per heavy atom. The van der Waals surface area contributed by atoms with Crippen LogP contribution in [-0.2, 0) is 22.6 Å². The third kappa shape index (κ3) is 6.80. The predicted molar refractivity (Wildman–Crippen MR) is 121 cm³/mol. The minimum atomic E-state index is -0.578. The van der Waals surface area contributed by atoms with Crippen LogP contribution in [0.1, 0.15) is 21.5 Å². The lowest BCUT2D eigenvalue weighted by molar-refractivity contribution is 0.0302. The molecular formula is C25H31F2N3O3. The molecule has 0 radical (unpaired) electrons. The van der Waals surface area contributed by atoms with E-state index in [-0.39, 0.29) is 5.91 Å². The average molecular weight is 460 g/mol. The maximum Gasteiger partial charge on any atom is 0.254 e. The number of benzene rings is 2. The summed E-state index contributed by atoms with van der Waals surface area (Å²) >= 11 is 0. The molecule has 0 saturated carbocycles. The molecule has 2 aromatic rings. The first kappa shape index (κ1) is 23.8. The van der Waals surface area contributed by atoms with Crippen molar-refractivity contribution in [2.75, 3.05) is 65.7 Å². The summed E-state index contributed by atoms with van der Waals surface area (Å²) in [7, 11) is 0. The molecule has 33 heavy (non-hydrogen) atoms. The van der Waals surface area contributed by atoms with Gasteiger partial charge in [0, 0.05) is 69.6 Å². The normalized spacial score (nSPS) is 17.5. The van der Waals surface area contributed by atoms with Crippen LogP contribution in [0.4, 0.5) is 8.78 Å². The Kier molecular flexibility index (Phi) is 8.39. The molecule has 0 atom stereocenters. The molecule has 4 rings (SSSR count). The van der Waals surface area contributed by atoms with Crippen molar-refractivity contribution in [1.29, 1.82) is 0 Å². The van der Waals surface area contributed by atoms with Crippen LogP contribution in [0.3, 0.4) is 0 Å². The number of amides is 1. The molecule has 2 fully saturated rings. The van der Waals surface area contributed by atoms with Gasteiger partial charge in [-0.1, -0.05) is 18.2 Å². The zero-order valence-electron chi connectivity index (χ0n) is 18.8. The van der Waals surface area contributed by atoms with Gasteiger partial charge in [-0.05, 0) is 23.8 Å². The smallest absolute Gasteiger partial charge is 0.254 e. The van der Waals surface area contributed by atoms with Gasteiger partial charge in [-0.15, -0.1) is 0 Å². The van der Waals surface area contributed by atoms with Crippen molar-refractivity contribution in [1.82, 2.24) is 14.7 Å². The zero-order chi connectivity index (χ0) is 23.0. The van der Waals surface area contributed by atoms with Gasteiger partial charge in [0.2, 0.25) is 0 Å². The number of rotatable bonds is 8. The Morgan fingerprint density at radius 1 is 0.909 bits per heavy atom. The summed E-state index contributed by atoms with van der Waals surface area (Å²) in [5, 5.41) is 0. The van der Waals surface area contributed by atoms with Gasteiger partial charge in [0.1, 0.15) is 11.6 Å². The van der Waals surface area contributed by atoms with E-state index in [9.17, 15) is 13.6 Å². The summed E-state index contributed by atoms with van der Waals surface area (Å²) in [6, 6.07) is 11.3. The molecule has 2 aliphatic heterocycles. The molecule has 8 heteroatoms. The molecule has 6 nitrogen and oxygen atoms in total. The van der Waals surface area contributed by atoms with Crippen LogP contribution in [0.15, 0.2) is 42.5 Å². The number of morpholine rings is 2. The van der Waals surface area contributed by atoms with Crippen molar-refractivity contribution in [3.8, 4) is 0 Å². The van der Waals surface area contributed by atoms with Crippen LogP contribution in [0.2, 0.25) is 0 Å². The van der Waals surface area contributed by atoms with Crippen molar-refractivity contribution >= 4 is 5.91 Å². The third-order valence-electron chi connectivity index (χ3n) is 6.12. The second-order valence-electron chi connectivity index (χ2n) is 8.51. The van der Waals surface area contributed by atoms with Gasteiger partial charge in [-0.25, -0.2) is 8.78 Å². The molecule has 0 unspecified atom stereocenters. The van der Waals surface area contributed by atoms with E-state index in [0.717, 1.165) is 51.0 Å². The number of ether oxygens (including phenoxy) is 2. The van der Waals surface area contributed by atoms with Gasteiger partial charge >= 0.3 is 0 Å². The summed E-state index contributed by atoms with van der Waals surface area (Å²) in [6.45, 7) is 7.98. The van der Waals surface area contributed by atoms with Gasteiger partial charge in [0.05, 0.1) is 26.4 Å². The molecular weight excluding hydrogens is 428 g/mol. The monoisotopic (exact) mass is 459 g/mol. The second-order valence-corrected chi connectivity index (χ2v) is 8.51. The minimum absolute atomic E-state index is 0.00426. The van der Waals surface area contributed by atoms with Crippen LogP contribution in [0.5, 0.6) is 0 Å². The number of hydrogen-bond donors (Lipinski definition) is 0. The summed E-state index contributed by atoms with van der Waals surface area (Å²) in [6.07, 6.45) is 0. The fraction of sp³-hybridized carbons (Fsp3) is 0.480. The maximum absolute atomic E-state index is 14.4. The molecule has 0 N–H and O–H groups in total. The molecule has 0 spiro atoms. The van der Waals surface area contributed by atoms with E-state index >= 15 is 0 Å². The largest absolute Gasteiger partial charge is 0.379 e. The Balaban J connectivity index is 1.46. The van der Waals surface area contributed by atoms with Crippen molar-refractivity contribution in [3.05, 3.63) is 70.8 Å². The van der Waals surface area contributed by atoms with Crippen LogP contribution in [0, 0.1) is 11.6 Å². The molecule has 2 aliphatic rings. The van der Waals surface area contributed by atoms with Gasteiger partial charge < -0.3 is 14.4 Å². The standard InChI is InChI=1S/C25H31F2N3O3/c26-23-5-4-22(24(27)17-23)19-29(7-6-28-8-12-32-13-9-28)18-20-2-1-3-21(16-20)25(31)30-10-14-33-15-11-30/h1-5,16-17H,6-15,18-19H2. The lowest BCUT2D eigenvalue weighted by Crippen LogP contribution is -2.41. The van der Waals surface area contributed by atoms with E-state index in [1.54, 1.807) is 0 Å². The van der Waals surface area contributed by atoms with E-state index < -0.39 is 11.6 Å². The third-order valence-corrected chi connectivity index (χ3v) is 6.12. The van der Waals surface area contributed by atoms with Crippen LogP contribution in [-0.4, -0.2) is 86.3 Å². The molecule has 1 amide bonds. The Hall–Kier alpha value is -2.39. The van der Waals surface area contributed by atoms with E-state index in [0.29, 0.717) is 50.5 Å². The molecule has 2 heterocycles. The van der Waals surface area contributed by atoms with E-state index in [1.165, 1.54) is 12.1 Å². The first-order valence-corrected chi connectivity index (χ1v) is 11.5. The highest BCUT2D eigenvalue weighted by atomic mass is 19.1. The molecule has 0 aromatic heterocycles. The summed E-state index contributed by atoms with van der Waals surface area (Å²) in [5.41, 5.74) is 2.09. The quantitative estimate of drug-likeness (QED) is 0.608. The van der Waals surface area contributed by atoms with Crippen LogP contribution in [0.25, 0.3) is 0 Å². The fourth-order valence-corrected chi connectivity index (χ4v) is 4.22. The summed E-state index contributed by atoms with van der Waals surface area (Å²) < 4.78 is 38.5. The van der Waals surface area contributed by atoms with Crippen molar-refractivity contribution < 1.29 is 23.0 Å². The average Bonchev–Trinajstić information content (AvgIpc) is 2.85. The first-order valence-electron chi connectivity index (χ1n) is 11.5. The summed E-state index contributed by atoms with van der Waals surface area (Å²) in [4.78, 5) is 19.2. The van der Waals surface area contributed by atoms with Gasteiger partial charge in [0.25, 0.3) is 5.91 Å². The fourth-order valence-electron chi connectivity index (χ4n) is 4.22. The highest BCUT2D eigenvalue weighted by Gasteiger charge is 2.20. The SMILES string of the molecule is O=C(c1cccc(CN(CCN2CCOCC2)Cc2ccc(F)cc2F)c1)N1CCOCC1. The van der Waals surface area contributed by atoms with Crippen molar-refractivity contribution in [3.63, 3.8) is 0 Å². The molecule has 2 aromatic carbocycles. The first-order chi connectivity index (χ1) is 16.1. The molecule has 178 valence electrons. The zero-order valence-corrected chi connectivity index (χ0v) is 18.8. The number of carbonyl (C=O) groups is 1. The Morgan fingerprint density at radius 2 is 1.64 bits per heavy atom. The van der Waals surface area contributed by atoms with Crippen LogP contribution >= 0.6 is 0 Å². The predicted octanol–water partition coefficient (Wildman–Crippen LogP) is 2.77. The molecule has 2 saturated heterocycles. The maximum atomic E-state index is 14.4. The van der Waals surface area contributed by atoms with Gasteiger partial charge in [0.15, 0.2) is 0 Å². The summed E-state index contributed by atoms with van der Waals surface area (Å²) in [5.74, 6) is -1.11. The number of halogens is 2. The Labute approximate surface area is 193 Å². The highest BCUT2D eigenvalue weighted by molar-refractivity contribution is 5.94. The lowest BCUT2D eigenvalue weighted by atomic mass is 10.1. The molecule has 0 bridgehead atoms. The van der Waals surface area contributed by atoms with Crippen LogP contribution < -0.4 is 0 Å². The number of nitrogens with zero attached hydrogens (tertiary/aromatic N) is 3. The van der Waals surface area contributed by atoms with Gasteiger partial charge in [-0.3, -0.25) is 14.6 Å². The number of carbonyl (C=O) groups excluding carboxylic acids is 1.